The summed E-state index contributed by atoms with van der Waals surface area (Å²) in [6.07, 6.45) is -4.18. The van der Waals surface area contributed by atoms with Crippen molar-refractivity contribution in [3.05, 3.63) is 0 Å². The molecule has 0 radical (unpaired) electrons. The summed E-state index contributed by atoms with van der Waals surface area (Å²) in [5.41, 5.74) is 0. The standard InChI is InChI=1S/C11H18F3N3O2/c1-17(2)9(18)6-16-10(19)8-4-3-7(5-15-8)11(12,13)14/h7-8,15H,3-6H2,1-2H3,(H,16,19). The van der Waals surface area contributed by atoms with E-state index in [4.69, 9.17) is 0 Å². The molecule has 1 aliphatic heterocycles. The molecule has 0 aromatic carbocycles. The van der Waals surface area contributed by atoms with Crippen molar-refractivity contribution in [1.29, 1.82) is 0 Å². The quantitative estimate of drug-likeness (QED) is 0.772. The van der Waals surface area contributed by atoms with Gasteiger partial charge in [-0.15, -0.1) is 0 Å². The van der Waals surface area contributed by atoms with Gasteiger partial charge < -0.3 is 15.5 Å². The van der Waals surface area contributed by atoms with Crippen LogP contribution in [0.1, 0.15) is 12.8 Å². The molecule has 1 fully saturated rings. The van der Waals surface area contributed by atoms with Gasteiger partial charge in [-0.05, 0) is 12.8 Å². The Morgan fingerprint density at radius 3 is 2.37 bits per heavy atom. The Hall–Kier alpha value is -1.31. The van der Waals surface area contributed by atoms with Crippen LogP contribution >= 0.6 is 0 Å². The van der Waals surface area contributed by atoms with E-state index >= 15 is 0 Å². The first-order valence-corrected chi connectivity index (χ1v) is 5.99. The molecular formula is C11H18F3N3O2. The van der Waals surface area contributed by atoms with Crippen molar-refractivity contribution in [2.75, 3.05) is 27.2 Å². The topological polar surface area (TPSA) is 61.4 Å². The third kappa shape index (κ3) is 4.70. The molecule has 5 nitrogen and oxygen atoms in total. The van der Waals surface area contributed by atoms with Crippen LogP contribution in [0.15, 0.2) is 0 Å². The minimum atomic E-state index is -4.23. The molecule has 0 aromatic heterocycles. The number of alkyl halides is 3. The average Bonchev–Trinajstić information content (AvgIpc) is 2.34. The molecule has 1 saturated heterocycles. The van der Waals surface area contributed by atoms with Crippen LogP contribution in [0.5, 0.6) is 0 Å². The molecular weight excluding hydrogens is 263 g/mol. The summed E-state index contributed by atoms with van der Waals surface area (Å²) in [7, 11) is 3.11. The van der Waals surface area contributed by atoms with Crippen LogP contribution in [0.3, 0.4) is 0 Å². The van der Waals surface area contributed by atoms with Gasteiger partial charge in [-0.3, -0.25) is 9.59 Å². The molecule has 0 saturated carbocycles. The highest BCUT2D eigenvalue weighted by Crippen LogP contribution is 2.31. The number of carbonyl (C=O) groups excluding carboxylic acids is 2. The van der Waals surface area contributed by atoms with E-state index in [-0.39, 0.29) is 31.8 Å². The lowest BCUT2D eigenvalue weighted by Crippen LogP contribution is -2.52. The molecule has 0 aromatic rings. The summed E-state index contributed by atoms with van der Waals surface area (Å²) < 4.78 is 37.3. The van der Waals surface area contributed by atoms with Gasteiger partial charge in [0.1, 0.15) is 0 Å². The second kappa shape index (κ2) is 6.23. The molecule has 1 rings (SSSR count). The number of hydrogen-bond donors (Lipinski definition) is 2. The molecule has 110 valence electrons. The van der Waals surface area contributed by atoms with E-state index in [1.54, 1.807) is 14.1 Å². The van der Waals surface area contributed by atoms with Crippen LogP contribution in [-0.2, 0) is 9.59 Å². The van der Waals surface area contributed by atoms with Gasteiger partial charge in [0.15, 0.2) is 0 Å². The number of piperidine rings is 1. The van der Waals surface area contributed by atoms with E-state index in [2.05, 4.69) is 10.6 Å². The van der Waals surface area contributed by atoms with E-state index < -0.39 is 24.0 Å². The van der Waals surface area contributed by atoms with Crippen LogP contribution in [0.4, 0.5) is 13.2 Å². The van der Waals surface area contributed by atoms with Crippen molar-refractivity contribution in [2.45, 2.75) is 25.1 Å². The number of hydrogen-bond acceptors (Lipinski definition) is 3. The maximum atomic E-state index is 12.4. The lowest BCUT2D eigenvalue weighted by Gasteiger charge is -2.30. The number of rotatable bonds is 3. The lowest BCUT2D eigenvalue weighted by molar-refractivity contribution is -0.180. The van der Waals surface area contributed by atoms with Crippen molar-refractivity contribution in [3.63, 3.8) is 0 Å². The zero-order valence-electron chi connectivity index (χ0n) is 10.9. The van der Waals surface area contributed by atoms with Crippen LogP contribution in [0.2, 0.25) is 0 Å². The Balaban J connectivity index is 2.35. The van der Waals surface area contributed by atoms with E-state index in [1.807, 2.05) is 0 Å². The fourth-order valence-electron chi connectivity index (χ4n) is 1.80. The minimum Gasteiger partial charge on any atom is -0.347 e. The predicted octanol–water partition coefficient (Wildman–Crippen LogP) is 0.121. The fourth-order valence-corrected chi connectivity index (χ4v) is 1.80. The lowest BCUT2D eigenvalue weighted by atomic mass is 9.94. The Bertz CT molecular complexity index is 337. The fraction of sp³-hybridized carbons (Fsp3) is 0.818. The molecule has 2 unspecified atom stereocenters. The number of nitrogens with one attached hydrogen (secondary N) is 2. The largest absolute Gasteiger partial charge is 0.393 e. The third-order valence-corrected chi connectivity index (χ3v) is 3.11. The second-order valence-corrected chi connectivity index (χ2v) is 4.78. The van der Waals surface area contributed by atoms with E-state index in [0.29, 0.717) is 0 Å². The number of carbonyl (C=O) groups is 2. The van der Waals surface area contributed by atoms with E-state index in [9.17, 15) is 22.8 Å². The van der Waals surface area contributed by atoms with Crippen molar-refractivity contribution < 1.29 is 22.8 Å². The second-order valence-electron chi connectivity index (χ2n) is 4.78. The zero-order valence-corrected chi connectivity index (χ0v) is 10.9. The van der Waals surface area contributed by atoms with Gasteiger partial charge in [0.25, 0.3) is 0 Å². The summed E-state index contributed by atoms with van der Waals surface area (Å²) in [5.74, 6) is -2.10. The predicted molar refractivity (Wildman–Crippen MR) is 62.3 cm³/mol. The smallest absolute Gasteiger partial charge is 0.347 e. The summed E-state index contributed by atoms with van der Waals surface area (Å²) in [5, 5.41) is 4.98. The monoisotopic (exact) mass is 281 g/mol. The molecule has 1 heterocycles. The molecule has 0 bridgehead atoms. The van der Waals surface area contributed by atoms with Gasteiger partial charge in [0, 0.05) is 20.6 Å². The Kier molecular flexibility index (Phi) is 5.16. The molecule has 2 amide bonds. The highest BCUT2D eigenvalue weighted by atomic mass is 19.4. The summed E-state index contributed by atoms with van der Waals surface area (Å²) in [4.78, 5) is 24.2. The first-order chi connectivity index (χ1) is 8.71. The Morgan fingerprint density at radius 2 is 1.95 bits per heavy atom. The first-order valence-electron chi connectivity index (χ1n) is 5.99. The molecule has 8 heteroatoms. The normalized spacial score (nSPS) is 23.8. The van der Waals surface area contributed by atoms with Crippen LogP contribution in [0, 0.1) is 5.92 Å². The molecule has 19 heavy (non-hydrogen) atoms. The average molecular weight is 281 g/mol. The van der Waals surface area contributed by atoms with Crippen LogP contribution < -0.4 is 10.6 Å². The van der Waals surface area contributed by atoms with Gasteiger partial charge in [-0.1, -0.05) is 0 Å². The summed E-state index contributed by atoms with van der Waals surface area (Å²) in [6, 6.07) is -0.659. The van der Waals surface area contributed by atoms with E-state index in [0.717, 1.165) is 0 Å². The first kappa shape index (κ1) is 15.7. The third-order valence-electron chi connectivity index (χ3n) is 3.11. The summed E-state index contributed by atoms with van der Waals surface area (Å²) in [6.45, 7) is -0.407. The molecule has 0 spiro atoms. The maximum absolute atomic E-state index is 12.4. The zero-order chi connectivity index (χ0) is 14.6. The van der Waals surface area contributed by atoms with Gasteiger partial charge in [0.05, 0.1) is 18.5 Å². The van der Waals surface area contributed by atoms with Gasteiger partial charge in [-0.2, -0.15) is 13.2 Å². The van der Waals surface area contributed by atoms with Gasteiger partial charge in [-0.25, -0.2) is 0 Å². The molecule has 0 aliphatic carbocycles. The van der Waals surface area contributed by atoms with Crippen molar-refractivity contribution in [2.24, 2.45) is 5.92 Å². The molecule has 1 aliphatic rings. The van der Waals surface area contributed by atoms with E-state index in [1.165, 1.54) is 4.90 Å². The minimum absolute atomic E-state index is 0.0732. The number of halogens is 3. The number of nitrogens with zero attached hydrogens (tertiary/aromatic N) is 1. The Morgan fingerprint density at radius 1 is 1.32 bits per heavy atom. The highest BCUT2D eigenvalue weighted by Gasteiger charge is 2.42. The van der Waals surface area contributed by atoms with Crippen molar-refractivity contribution in [1.82, 2.24) is 15.5 Å². The maximum Gasteiger partial charge on any atom is 0.393 e. The van der Waals surface area contributed by atoms with Crippen molar-refractivity contribution >= 4 is 11.8 Å². The van der Waals surface area contributed by atoms with Crippen LogP contribution in [0.25, 0.3) is 0 Å². The highest BCUT2D eigenvalue weighted by molar-refractivity contribution is 5.87. The number of likely N-dealkylation sites (N-methyl/N-ethyl adjacent to an activating group) is 1. The summed E-state index contributed by atoms with van der Waals surface area (Å²) >= 11 is 0. The van der Waals surface area contributed by atoms with Gasteiger partial charge >= 0.3 is 6.18 Å². The Labute approximate surface area is 109 Å². The van der Waals surface area contributed by atoms with Gasteiger partial charge in [0.2, 0.25) is 11.8 Å². The number of amides is 2. The van der Waals surface area contributed by atoms with Crippen molar-refractivity contribution in [3.8, 4) is 0 Å². The molecule has 2 atom stereocenters. The molecule has 2 N–H and O–H groups in total. The SMILES string of the molecule is CN(C)C(=O)CNC(=O)C1CCC(C(F)(F)F)CN1. The van der Waals surface area contributed by atoms with Crippen LogP contribution in [-0.4, -0.2) is 56.1 Å².